The SMILES string of the molecule is Cc1nccnc1C(C)Nc1cc(Cl)ccc1N(C)C. The number of aromatic nitrogens is 2. The van der Waals surface area contributed by atoms with Gasteiger partial charge in [-0.1, -0.05) is 11.6 Å². The number of aryl methyl sites for hydroxylation is 1. The minimum Gasteiger partial charge on any atom is -0.376 e. The lowest BCUT2D eigenvalue weighted by atomic mass is 10.1. The number of benzene rings is 1. The van der Waals surface area contributed by atoms with Crippen molar-refractivity contribution in [3.05, 3.63) is 47.0 Å². The molecule has 0 fully saturated rings. The van der Waals surface area contributed by atoms with Crippen LogP contribution in [-0.2, 0) is 0 Å². The van der Waals surface area contributed by atoms with Gasteiger partial charge in [-0.25, -0.2) is 0 Å². The van der Waals surface area contributed by atoms with Gasteiger partial charge in [-0.15, -0.1) is 0 Å². The Balaban J connectivity index is 2.30. The molecule has 0 aliphatic rings. The van der Waals surface area contributed by atoms with Crippen LogP contribution in [0.5, 0.6) is 0 Å². The summed E-state index contributed by atoms with van der Waals surface area (Å²) < 4.78 is 0. The highest BCUT2D eigenvalue weighted by molar-refractivity contribution is 6.31. The molecule has 1 heterocycles. The Labute approximate surface area is 124 Å². The maximum absolute atomic E-state index is 6.10. The van der Waals surface area contributed by atoms with E-state index in [2.05, 4.69) is 27.1 Å². The van der Waals surface area contributed by atoms with Gasteiger partial charge in [0.1, 0.15) is 0 Å². The summed E-state index contributed by atoms with van der Waals surface area (Å²) in [6, 6.07) is 5.88. The van der Waals surface area contributed by atoms with Crippen molar-refractivity contribution in [2.45, 2.75) is 19.9 Å². The molecule has 1 aromatic heterocycles. The summed E-state index contributed by atoms with van der Waals surface area (Å²) in [6.45, 7) is 4.03. The molecule has 2 rings (SSSR count). The fraction of sp³-hybridized carbons (Fsp3) is 0.333. The Kier molecular flexibility index (Phi) is 4.45. The molecular formula is C15H19ClN4. The smallest absolute Gasteiger partial charge is 0.0835 e. The van der Waals surface area contributed by atoms with Crippen LogP contribution in [0.4, 0.5) is 11.4 Å². The van der Waals surface area contributed by atoms with E-state index in [1.54, 1.807) is 12.4 Å². The van der Waals surface area contributed by atoms with E-state index in [0.717, 1.165) is 22.8 Å². The molecule has 1 unspecified atom stereocenters. The molecular weight excluding hydrogens is 272 g/mol. The fourth-order valence-corrected chi connectivity index (χ4v) is 2.33. The number of rotatable bonds is 4. The van der Waals surface area contributed by atoms with E-state index in [9.17, 15) is 0 Å². The van der Waals surface area contributed by atoms with Gasteiger partial charge in [0.05, 0.1) is 28.8 Å². The van der Waals surface area contributed by atoms with Crippen LogP contribution in [0.3, 0.4) is 0 Å². The van der Waals surface area contributed by atoms with Gasteiger partial charge in [0.15, 0.2) is 0 Å². The molecule has 4 nitrogen and oxygen atoms in total. The van der Waals surface area contributed by atoms with Crippen LogP contribution in [0, 0.1) is 6.92 Å². The highest BCUT2D eigenvalue weighted by Gasteiger charge is 2.13. The zero-order valence-electron chi connectivity index (χ0n) is 12.2. The molecule has 106 valence electrons. The summed E-state index contributed by atoms with van der Waals surface area (Å²) in [6.07, 6.45) is 3.42. The summed E-state index contributed by atoms with van der Waals surface area (Å²) in [7, 11) is 4.01. The predicted molar refractivity (Wildman–Crippen MR) is 84.6 cm³/mol. The van der Waals surface area contributed by atoms with Crippen molar-refractivity contribution in [2.75, 3.05) is 24.3 Å². The van der Waals surface area contributed by atoms with E-state index in [0.29, 0.717) is 5.02 Å². The molecule has 0 aliphatic carbocycles. The number of hydrogen-bond donors (Lipinski definition) is 1. The molecule has 0 saturated heterocycles. The van der Waals surface area contributed by atoms with E-state index in [-0.39, 0.29) is 6.04 Å². The van der Waals surface area contributed by atoms with Crippen LogP contribution in [0.1, 0.15) is 24.4 Å². The highest BCUT2D eigenvalue weighted by Crippen LogP contribution is 2.30. The topological polar surface area (TPSA) is 41.1 Å². The first-order chi connectivity index (χ1) is 9.49. The van der Waals surface area contributed by atoms with Crippen LogP contribution >= 0.6 is 11.6 Å². The third-order valence-corrected chi connectivity index (χ3v) is 3.38. The molecule has 1 N–H and O–H groups in total. The largest absolute Gasteiger partial charge is 0.376 e. The molecule has 0 radical (unpaired) electrons. The number of halogens is 1. The lowest BCUT2D eigenvalue weighted by Gasteiger charge is -2.22. The second kappa shape index (κ2) is 6.09. The number of hydrogen-bond acceptors (Lipinski definition) is 4. The first-order valence-corrected chi connectivity index (χ1v) is 6.87. The quantitative estimate of drug-likeness (QED) is 0.933. The minimum absolute atomic E-state index is 0.0564. The van der Waals surface area contributed by atoms with Crippen molar-refractivity contribution in [2.24, 2.45) is 0 Å². The van der Waals surface area contributed by atoms with Crippen LogP contribution in [0.2, 0.25) is 5.02 Å². The molecule has 1 aromatic carbocycles. The Morgan fingerprint density at radius 2 is 1.90 bits per heavy atom. The molecule has 20 heavy (non-hydrogen) atoms. The molecule has 0 saturated carbocycles. The van der Waals surface area contributed by atoms with E-state index >= 15 is 0 Å². The highest BCUT2D eigenvalue weighted by atomic mass is 35.5. The summed E-state index contributed by atoms with van der Waals surface area (Å²) in [5, 5.41) is 4.17. The van der Waals surface area contributed by atoms with Gasteiger partial charge in [0.25, 0.3) is 0 Å². The maximum Gasteiger partial charge on any atom is 0.0835 e. The van der Waals surface area contributed by atoms with Gasteiger partial charge < -0.3 is 10.2 Å². The molecule has 5 heteroatoms. The molecule has 1 atom stereocenters. The first-order valence-electron chi connectivity index (χ1n) is 6.50. The van der Waals surface area contributed by atoms with Crippen LogP contribution < -0.4 is 10.2 Å². The van der Waals surface area contributed by atoms with Crippen molar-refractivity contribution < 1.29 is 0 Å². The number of nitrogens with one attached hydrogen (secondary N) is 1. The van der Waals surface area contributed by atoms with E-state index < -0.39 is 0 Å². The standard InChI is InChI=1S/C15H19ClN4/c1-10-15(18-8-7-17-10)11(2)19-13-9-12(16)5-6-14(13)20(3)4/h5-9,11,19H,1-4H3. The lowest BCUT2D eigenvalue weighted by molar-refractivity contribution is 0.809. The monoisotopic (exact) mass is 290 g/mol. The average Bonchev–Trinajstić information content (AvgIpc) is 2.38. The lowest BCUT2D eigenvalue weighted by Crippen LogP contribution is -2.15. The van der Waals surface area contributed by atoms with Gasteiger partial charge in [-0.05, 0) is 32.0 Å². The normalized spacial score (nSPS) is 12.1. The van der Waals surface area contributed by atoms with Crippen molar-refractivity contribution >= 4 is 23.0 Å². The van der Waals surface area contributed by atoms with Crippen LogP contribution in [0.15, 0.2) is 30.6 Å². The van der Waals surface area contributed by atoms with Gasteiger partial charge in [0, 0.05) is 31.5 Å². The number of anilines is 2. The van der Waals surface area contributed by atoms with E-state index in [1.165, 1.54) is 0 Å². The van der Waals surface area contributed by atoms with Crippen molar-refractivity contribution in [1.29, 1.82) is 0 Å². The Bertz CT molecular complexity index is 598. The second-order valence-electron chi connectivity index (χ2n) is 4.95. The zero-order valence-corrected chi connectivity index (χ0v) is 12.9. The van der Waals surface area contributed by atoms with E-state index in [1.807, 2.05) is 39.2 Å². The second-order valence-corrected chi connectivity index (χ2v) is 5.39. The van der Waals surface area contributed by atoms with Crippen molar-refractivity contribution in [3.63, 3.8) is 0 Å². The molecule has 0 aliphatic heterocycles. The van der Waals surface area contributed by atoms with Crippen LogP contribution in [0.25, 0.3) is 0 Å². The molecule has 2 aromatic rings. The van der Waals surface area contributed by atoms with Gasteiger partial charge >= 0.3 is 0 Å². The third kappa shape index (κ3) is 3.20. The summed E-state index contributed by atoms with van der Waals surface area (Å²) in [5.74, 6) is 0. The minimum atomic E-state index is 0.0564. The Morgan fingerprint density at radius 3 is 2.55 bits per heavy atom. The summed E-state index contributed by atoms with van der Waals surface area (Å²) in [4.78, 5) is 10.7. The van der Waals surface area contributed by atoms with Gasteiger partial charge in [-0.2, -0.15) is 0 Å². The summed E-state index contributed by atoms with van der Waals surface area (Å²) >= 11 is 6.10. The fourth-order valence-electron chi connectivity index (χ4n) is 2.16. The Hall–Kier alpha value is -1.81. The average molecular weight is 291 g/mol. The molecule has 0 spiro atoms. The van der Waals surface area contributed by atoms with E-state index in [4.69, 9.17) is 11.6 Å². The number of nitrogens with zero attached hydrogens (tertiary/aromatic N) is 3. The predicted octanol–water partition coefficient (Wildman–Crippen LogP) is 3.68. The Morgan fingerprint density at radius 1 is 1.20 bits per heavy atom. The molecule has 0 amide bonds. The van der Waals surface area contributed by atoms with Crippen LogP contribution in [-0.4, -0.2) is 24.1 Å². The third-order valence-electron chi connectivity index (χ3n) is 3.14. The maximum atomic E-state index is 6.10. The van der Waals surface area contributed by atoms with Gasteiger partial charge in [0.2, 0.25) is 0 Å². The van der Waals surface area contributed by atoms with Crippen molar-refractivity contribution in [3.8, 4) is 0 Å². The molecule has 0 bridgehead atoms. The first kappa shape index (κ1) is 14.6. The summed E-state index contributed by atoms with van der Waals surface area (Å²) in [5.41, 5.74) is 3.95. The zero-order chi connectivity index (χ0) is 14.7. The van der Waals surface area contributed by atoms with Crippen molar-refractivity contribution in [1.82, 2.24) is 9.97 Å². The van der Waals surface area contributed by atoms with Gasteiger partial charge in [-0.3, -0.25) is 9.97 Å².